The summed E-state index contributed by atoms with van der Waals surface area (Å²) >= 11 is 0. The van der Waals surface area contributed by atoms with Crippen LogP contribution in [0.2, 0.25) is 0 Å². The van der Waals surface area contributed by atoms with Crippen molar-refractivity contribution in [2.75, 3.05) is 33.3 Å². The van der Waals surface area contributed by atoms with Crippen molar-refractivity contribution in [2.45, 2.75) is 39.2 Å². The lowest BCUT2D eigenvalue weighted by Gasteiger charge is -2.30. The Kier molecular flexibility index (Phi) is 6.65. The van der Waals surface area contributed by atoms with Gasteiger partial charge in [-0.2, -0.15) is 0 Å². The van der Waals surface area contributed by atoms with Gasteiger partial charge in [-0.3, -0.25) is 4.79 Å². The van der Waals surface area contributed by atoms with Crippen molar-refractivity contribution in [3.63, 3.8) is 0 Å². The van der Waals surface area contributed by atoms with Gasteiger partial charge in [-0.05, 0) is 33.6 Å². The normalized spacial score (nSPS) is 18.3. The highest BCUT2D eigenvalue weighted by atomic mass is 16.6. The number of amides is 3. The van der Waals surface area contributed by atoms with Crippen molar-refractivity contribution in [3.05, 3.63) is 0 Å². The van der Waals surface area contributed by atoms with Crippen LogP contribution in [0.3, 0.4) is 0 Å². The molecule has 8 heteroatoms. The Morgan fingerprint density at radius 2 is 1.96 bits per heavy atom. The van der Waals surface area contributed by atoms with E-state index in [2.05, 4.69) is 0 Å². The van der Waals surface area contributed by atoms with Gasteiger partial charge in [0.2, 0.25) is 0 Å². The molecule has 0 bridgehead atoms. The smallest absolute Gasteiger partial charge is 0.410 e. The van der Waals surface area contributed by atoms with Crippen molar-refractivity contribution in [2.24, 2.45) is 11.7 Å². The van der Waals surface area contributed by atoms with Crippen LogP contribution in [0, 0.1) is 5.92 Å². The molecule has 0 aromatic heterocycles. The molecule has 0 aromatic carbocycles. The summed E-state index contributed by atoms with van der Waals surface area (Å²) in [6.45, 7) is 6.54. The zero-order valence-corrected chi connectivity index (χ0v) is 14.3. The van der Waals surface area contributed by atoms with Crippen LogP contribution in [0.4, 0.5) is 9.59 Å². The van der Waals surface area contributed by atoms with Gasteiger partial charge in [0.25, 0.3) is 0 Å². The van der Waals surface area contributed by atoms with Crippen molar-refractivity contribution in [3.8, 4) is 0 Å². The molecule has 8 nitrogen and oxygen atoms in total. The number of hydrogen-bond donors (Lipinski definition) is 1. The highest BCUT2D eigenvalue weighted by Crippen LogP contribution is 2.17. The zero-order valence-electron chi connectivity index (χ0n) is 14.3. The van der Waals surface area contributed by atoms with E-state index >= 15 is 0 Å². The number of urea groups is 1. The molecule has 132 valence electrons. The molecular weight excluding hydrogens is 302 g/mol. The molecule has 1 rings (SSSR count). The molecule has 0 spiro atoms. The average Bonchev–Trinajstić information content (AvgIpc) is 2.45. The zero-order chi connectivity index (χ0) is 17.6. The molecule has 0 unspecified atom stereocenters. The summed E-state index contributed by atoms with van der Waals surface area (Å²) in [6.07, 6.45) is 0.927. The van der Waals surface area contributed by atoms with E-state index in [9.17, 15) is 14.4 Å². The van der Waals surface area contributed by atoms with Gasteiger partial charge in [-0.15, -0.1) is 0 Å². The van der Waals surface area contributed by atoms with E-state index in [0.717, 1.165) is 6.42 Å². The van der Waals surface area contributed by atoms with Gasteiger partial charge in [0.15, 0.2) is 0 Å². The first-order chi connectivity index (χ1) is 10.6. The summed E-state index contributed by atoms with van der Waals surface area (Å²) in [6, 6.07) is -0.521. The molecule has 1 aliphatic rings. The number of piperidine rings is 1. The van der Waals surface area contributed by atoms with E-state index in [1.54, 1.807) is 27.8 Å². The number of esters is 1. The van der Waals surface area contributed by atoms with Crippen molar-refractivity contribution in [1.82, 2.24) is 9.80 Å². The Morgan fingerprint density at radius 1 is 1.30 bits per heavy atom. The first-order valence-electron chi connectivity index (χ1n) is 7.75. The Bertz CT molecular complexity index is 447. The molecule has 1 heterocycles. The fraction of sp³-hybridized carbons (Fsp3) is 0.800. The highest BCUT2D eigenvalue weighted by molar-refractivity contribution is 5.76. The lowest BCUT2D eigenvalue weighted by Crippen LogP contribution is -2.45. The quantitative estimate of drug-likeness (QED) is 0.780. The second-order valence-electron chi connectivity index (χ2n) is 6.69. The molecule has 0 aromatic rings. The molecule has 0 aliphatic carbocycles. The van der Waals surface area contributed by atoms with Gasteiger partial charge in [0.05, 0.1) is 12.5 Å². The maximum atomic E-state index is 12.0. The van der Waals surface area contributed by atoms with E-state index in [1.807, 2.05) is 0 Å². The third-order valence-electron chi connectivity index (χ3n) is 3.44. The number of ether oxygens (including phenoxy) is 2. The van der Waals surface area contributed by atoms with E-state index in [4.69, 9.17) is 15.2 Å². The Morgan fingerprint density at radius 3 is 2.52 bits per heavy atom. The predicted molar refractivity (Wildman–Crippen MR) is 83.7 cm³/mol. The standard InChI is InChI=1S/C15H27N3O5/c1-15(2,3)23-14(21)17(4)8-9-22-12(19)11-6-5-7-18(10-11)13(16)20/h11H,5-10H2,1-4H3,(H2,16,20)/t11-/m0/s1. The number of likely N-dealkylation sites (N-methyl/N-ethyl adjacent to an activating group) is 1. The highest BCUT2D eigenvalue weighted by Gasteiger charge is 2.28. The number of carbonyl (C=O) groups is 3. The number of likely N-dealkylation sites (tertiary alicyclic amines) is 1. The molecule has 3 amide bonds. The van der Waals surface area contributed by atoms with Crippen LogP contribution in [0.5, 0.6) is 0 Å². The van der Waals surface area contributed by atoms with Crippen LogP contribution in [0.1, 0.15) is 33.6 Å². The number of primary amides is 1. The Balaban J connectivity index is 2.33. The lowest BCUT2D eigenvalue weighted by atomic mass is 9.98. The first kappa shape index (κ1) is 19.1. The molecule has 1 atom stereocenters. The summed E-state index contributed by atoms with van der Waals surface area (Å²) in [7, 11) is 1.58. The fourth-order valence-corrected chi connectivity index (χ4v) is 2.20. The first-order valence-corrected chi connectivity index (χ1v) is 7.75. The van der Waals surface area contributed by atoms with E-state index in [0.29, 0.717) is 13.0 Å². The van der Waals surface area contributed by atoms with Crippen LogP contribution in [-0.2, 0) is 14.3 Å². The minimum atomic E-state index is -0.567. The number of carbonyl (C=O) groups excluding carboxylic acids is 3. The van der Waals surface area contributed by atoms with E-state index in [-0.39, 0.29) is 31.6 Å². The minimum absolute atomic E-state index is 0.0850. The molecule has 0 radical (unpaired) electrons. The van der Waals surface area contributed by atoms with E-state index in [1.165, 1.54) is 9.80 Å². The number of nitrogens with two attached hydrogens (primary N) is 1. The summed E-state index contributed by atoms with van der Waals surface area (Å²) in [5, 5.41) is 0. The van der Waals surface area contributed by atoms with Gasteiger partial charge >= 0.3 is 18.1 Å². The van der Waals surface area contributed by atoms with Crippen LogP contribution >= 0.6 is 0 Å². The third kappa shape index (κ3) is 6.75. The van der Waals surface area contributed by atoms with Crippen LogP contribution in [0.15, 0.2) is 0 Å². The van der Waals surface area contributed by atoms with Gasteiger partial charge in [-0.25, -0.2) is 9.59 Å². The lowest BCUT2D eigenvalue weighted by molar-refractivity contribution is -0.150. The predicted octanol–water partition coefficient (Wildman–Crippen LogP) is 1.19. The minimum Gasteiger partial charge on any atom is -0.464 e. The molecule has 1 fully saturated rings. The van der Waals surface area contributed by atoms with Crippen LogP contribution < -0.4 is 5.73 Å². The van der Waals surface area contributed by atoms with E-state index < -0.39 is 17.7 Å². The average molecular weight is 329 g/mol. The van der Waals surface area contributed by atoms with Gasteiger partial charge < -0.3 is 25.0 Å². The van der Waals surface area contributed by atoms with Gasteiger partial charge in [-0.1, -0.05) is 0 Å². The number of rotatable bonds is 4. The maximum absolute atomic E-state index is 12.0. The van der Waals surface area contributed by atoms with Crippen LogP contribution in [-0.4, -0.2) is 66.8 Å². The largest absolute Gasteiger partial charge is 0.464 e. The number of nitrogens with zero attached hydrogens (tertiary/aromatic N) is 2. The molecular formula is C15H27N3O5. The Labute approximate surface area is 136 Å². The van der Waals surface area contributed by atoms with Crippen molar-refractivity contribution >= 4 is 18.1 Å². The topological polar surface area (TPSA) is 102 Å². The molecule has 1 aliphatic heterocycles. The van der Waals surface area contributed by atoms with Crippen molar-refractivity contribution in [1.29, 1.82) is 0 Å². The Hall–Kier alpha value is -1.99. The molecule has 1 saturated heterocycles. The summed E-state index contributed by atoms with van der Waals surface area (Å²) in [5.41, 5.74) is 4.66. The SMILES string of the molecule is CN(CCOC(=O)[C@H]1CCCN(C(N)=O)C1)C(=O)OC(C)(C)C. The van der Waals surface area contributed by atoms with Crippen molar-refractivity contribution < 1.29 is 23.9 Å². The van der Waals surface area contributed by atoms with Crippen LogP contribution in [0.25, 0.3) is 0 Å². The molecule has 2 N–H and O–H groups in total. The fourth-order valence-electron chi connectivity index (χ4n) is 2.20. The second kappa shape index (κ2) is 8.03. The third-order valence-corrected chi connectivity index (χ3v) is 3.44. The second-order valence-corrected chi connectivity index (χ2v) is 6.69. The molecule has 0 saturated carbocycles. The molecule has 23 heavy (non-hydrogen) atoms. The summed E-state index contributed by atoms with van der Waals surface area (Å²) < 4.78 is 10.4. The summed E-state index contributed by atoms with van der Waals surface area (Å²) in [5.74, 6) is -0.725. The monoisotopic (exact) mass is 329 g/mol. The summed E-state index contributed by atoms with van der Waals surface area (Å²) in [4.78, 5) is 37.7. The number of hydrogen-bond acceptors (Lipinski definition) is 5. The maximum Gasteiger partial charge on any atom is 0.410 e. The van der Waals surface area contributed by atoms with Gasteiger partial charge in [0.1, 0.15) is 12.2 Å². The van der Waals surface area contributed by atoms with Gasteiger partial charge in [0, 0.05) is 20.1 Å².